The highest BCUT2D eigenvalue weighted by atomic mass is 16.5. The van der Waals surface area contributed by atoms with Crippen molar-refractivity contribution < 1.29 is 4.74 Å². The second-order valence-electron chi connectivity index (χ2n) is 3.74. The smallest absolute Gasteiger partial charge is 0.0497 e. The molecule has 0 N–H and O–H groups in total. The van der Waals surface area contributed by atoms with Gasteiger partial charge in [-0.05, 0) is 18.3 Å². The van der Waals surface area contributed by atoms with Gasteiger partial charge in [-0.25, -0.2) is 0 Å². The van der Waals surface area contributed by atoms with E-state index in [2.05, 4.69) is 13.8 Å². The van der Waals surface area contributed by atoms with Gasteiger partial charge in [-0.1, -0.05) is 33.1 Å². The molecule has 2 unspecified atom stereocenters. The first kappa shape index (κ1) is 9.05. The van der Waals surface area contributed by atoms with Crippen molar-refractivity contribution in [1.82, 2.24) is 0 Å². The Balaban J connectivity index is 2.12. The van der Waals surface area contributed by atoms with Gasteiger partial charge in [-0.2, -0.15) is 0 Å². The highest BCUT2D eigenvalue weighted by molar-refractivity contribution is 4.70. The molecule has 0 amide bonds. The maximum atomic E-state index is 5.36. The van der Waals surface area contributed by atoms with E-state index in [0.29, 0.717) is 0 Å². The molecule has 0 saturated carbocycles. The van der Waals surface area contributed by atoms with Crippen LogP contribution in [0.2, 0.25) is 0 Å². The highest BCUT2D eigenvalue weighted by Crippen LogP contribution is 2.25. The molecule has 0 spiro atoms. The number of hydrogen-bond donors (Lipinski definition) is 0. The Morgan fingerprint density at radius 3 is 2.91 bits per heavy atom. The van der Waals surface area contributed by atoms with Gasteiger partial charge in [0.05, 0.1) is 0 Å². The van der Waals surface area contributed by atoms with E-state index >= 15 is 0 Å². The van der Waals surface area contributed by atoms with Crippen molar-refractivity contribution in [3.63, 3.8) is 0 Å². The Hall–Kier alpha value is -0.0400. The van der Waals surface area contributed by atoms with Gasteiger partial charge in [0.25, 0.3) is 0 Å². The fraction of sp³-hybridized carbons (Fsp3) is 1.00. The second kappa shape index (κ2) is 4.76. The lowest BCUT2D eigenvalue weighted by molar-refractivity contribution is 0.172. The molecule has 1 heterocycles. The molecule has 0 aromatic carbocycles. The van der Waals surface area contributed by atoms with Gasteiger partial charge >= 0.3 is 0 Å². The van der Waals surface area contributed by atoms with Gasteiger partial charge in [-0.15, -0.1) is 0 Å². The lowest BCUT2D eigenvalue weighted by atomic mass is 9.89. The van der Waals surface area contributed by atoms with E-state index in [-0.39, 0.29) is 0 Å². The summed E-state index contributed by atoms with van der Waals surface area (Å²) in [5, 5.41) is 0. The SMILES string of the molecule is CCCCC(C)C1CCOC1. The van der Waals surface area contributed by atoms with Crippen LogP contribution in [-0.4, -0.2) is 13.2 Å². The van der Waals surface area contributed by atoms with Crippen molar-refractivity contribution in [2.75, 3.05) is 13.2 Å². The van der Waals surface area contributed by atoms with Crippen LogP contribution >= 0.6 is 0 Å². The summed E-state index contributed by atoms with van der Waals surface area (Å²) in [7, 11) is 0. The number of hydrogen-bond acceptors (Lipinski definition) is 1. The summed E-state index contributed by atoms with van der Waals surface area (Å²) in [5.74, 6) is 1.75. The van der Waals surface area contributed by atoms with E-state index in [1.807, 2.05) is 0 Å². The molecule has 0 aromatic heterocycles. The molecule has 1 fully saturated rings. The summed E-state index contributed by atoms with van der Waals surface area (Å²) < 4.78 is 5.36. The largest absolute Gasteiger partial charge is 0.381 e. The third-order valence-electron chi connectivity index (χ3n) is 2.78. The lowest BCUT2D eigenvalue weighted by Gasteiger charge is -2.16. The Morgan fingerprint density at radius 1 is 1.55 bits per heavy atom. The van der Waals surface area contributed by atoms with Crippen LogP contribution in [0.4, 0.5) is 0 Å². The minimum absolute atomic E-state index is 0.863. The van der Waals surface area contributed by atoms with Gasteiger partial charge in [0, 0.05) is 13.2 Å². The molecule has 1 rings (SSSR count). The predicted molar refractivity (Wildman–Crippen MR) is 47.6 cm³/mol. The molecular formula is C10H20O. The third-order valence-corrected chi connectivity index (χ3v) is 2.78. The predicted octanol–water partition coefficient (Wildman–Crippen LogP) is 2.85. The highest BCUT2D eigenvalue weighted by Gasteiger charge is 2.21. The minimum Gasteiger partial charge on any atom is -0.381 e. The molecule has 1 aliphatic heterocycles. The maximum Gasteiger partial charge on any atom is 0.0497 e. The molecule has 1 heteroatoms. The summed E-state index contributed by atoms with van der Waals surface area (Å²) in [6.07, 6.45) is 5.41. The zero-order valence-electron chi connectivity index (χ0n) is 7.81. The van der Waals surface area contributed by atoms with E-state index in [9.17, 15) is 0 Å². The fourth-order valence-electron chi connectivity index (χ4n) is 1.76. The van der Waals surface area contributed by atoms with Gasteiger partial charge in [0.1, 0.15) is 0 Å². The van der Waals surface area contributed by atoms with Crippen LogP contribution in [0.1, 0.15) is 39.5 Å². The average molecular weight is 156 g/mol. The second-order valence-corrected chi connectivity index (χ2v) is 3.74. The molecule has 2 atom stereocenters. The van der Waals surface area contributed by atoms with E-state index in [1.54, 1.807) is 0 Å². The van der Waals surface area contributed by atoms with Crippen LogP contribution in [-0.2, 0) is 4.74 Å². The van der Waals surface area contributed by atoms with Crippen molar-refractivity contribution in [1.29, 1.82) is 0 Å². The number of ether oxygens (including phenoxy) is 1. The maximum absolute atomic E-state index is 5.36. The molecule has 66 valence electrons. The van der Waals surface area contributed by atoms with Gasteiger partial charge < -0.3 is 4.74 Å². The van der Waals surface area contributed by atoms with Crippen LogP contribution < -0.4 is 0 Å². The number of rotatable bonds is 4. The molecule has 1 aliphatic rings. The molecule has 1 saturated heterocycles. The summed E-state index contributed by atoms with van der Waals surface area (Å²) in [5.41, 5.74) is 0. The van der Waals surface area contributed by atoms with Crippen LogP contribution in [0, 0.1) is 11.8 Å². The Bertz CT molecular complexity index is 95.0. The monoisotopic (exact) mass is 156 g/mol. The topological polar surface area (TPSA) is 9.23 Å². The van der Waals surface area contributed by atoms with Gasteiger partial charge in [0.2, 0.25) is 0 Å². The fourth-order valence-corrected chi connectivity index (χ4v) is 1.76. The number of unbranched alkanes of at least 4 members (excludes halogenated alkanes) is 1. The quantitative estimate of drug-likeness (QED) is 0.608. The van der Waals surface area contributed by atoms with Crippen molar-refractivity contribution in [3.8, 4) is 0 Å². The summed E-state index contributed by atoms with van der Waals surface area (Å²) in [4.78, 5) is 0. The van der Waals surface area contributed by atoms with E-state index < -0.39 is 0 Å². The Labute approximate surface area is 70.1 Å². The molecule has 0 radical (unpaired) electrons. The van der Waals surface area contributed by atoms with Gasteiger partial charge in [-0.3, -0.25) is 0 Å². The standard InChI is InChI=1S/C10H20O/c1-3-4-5-9(2)10-6-7-11-8-10/h9-10H,3-8H2,1-2H3. The van der Waals surface area contributed by atoms with Crippen molar-refractivity contribution in [2.45, 2.75) is 39.5 Å². The van der Waals surface area contributed by atoms with Crippen molar-refractivity contribution >= 4 is 0 Å². The van der Waals surface area contributed by atoms with Gasteiger partial charge in [0.15, 0.2) is 0 Å². The summed E-state index contributed by atoms with van der Waals surface area (Å²) in [6.45, 7) is 6.65. The first-order valence-corrected chi connectivity index (χ1v) is 4.92. The lowest BCUT2D eigenvalue weighted by Crippen LogP contribution is -2.11. The zero-order valence-corrected chi connectivity index (χ0v) is 7.81. The third kappa shape index (κ3) is 2.82. The normalized spacial score (nSPS) is 27.3. The van der Waals surface area contributed by atoms with Crippen molar-refractivity contribution in [2.24, 2.45) is 11.8 Å². The van der Waals surface area contributed by atoms with E-state index in [4.69, 9.17) is 4.74 Å². The summed E-state index contributed by atoms with van der Waals surface area (Å²) in [6, 6.07) is 0. The van der Waals surface area contributed by atoms with Crippen molar-refractivity contribution in [3.05, 3.63) is 0 Å². The first-order chi connectivity index (χ1) is 5.34. The Morgan fingerprint density at radius 2 is 2.36 bits per heavy atom. The molecule has 0 bridgehead atoms. The van der Waals surface area contributed by atoms with Crippen LogP contribution in [0.3, 0.4) is 0 Å². The van der Waals surface area contributed by atoms with Crippen LogP contribution in [0.25, 0.3) is 0 Å². The summed E-state index contributed by atoms with van der Waals surface area (Å²) >= 11 is 0. The molecule has 11 heavy (non-hydrogen) atoms. The van der Waals surface area contributed by atoms with Crippen LogP contribution in [0.15, 0.2) is 0 Å². The molecule has 0 aliphatic carbocycles. The molecule has 1 nitrogen and oxygen atoms in total. The average Bonchev–Trinajstić information content (AvgIpc) is 2.52. The molecular weight excluding hydrogens is 136 g/mol. The van der Waals surface area contributed by atoms with E-state index in [1.165, 1.54) is 25.7 Å². The molecule has 0 aromatic rings. The Kier molecular flexibility index (Phi) is 3.92. The van der Waals surface area contributed by atoms with E-state index in [0.717, 1.165) is 25.0 Å². The zero-order chi connectivity index (χ0) is 8.10. The van der Waals surface area contributed by atoms with Crippen LogP contribution in [0.5, 0.6) is 0 Å². The minimum atomic E-state index is 0.863. The first-order valence-electron chi connectivity index (χ1n) is 4.92.